The number of aryl methyl sites for hydroxylation is 2. The van der Waals surface area contributed by atoms with Gasteiger partial charge in [0.05, 0.1) is 26.5 Å². The highest BCUT2D eigenvalue weighted by Crippen LogP contribution is 2.41. The van der Waals surface area contributed by atoms with Gasteiger partial charge in [-0.1, -0.05) is 17.7 Å². The fraction of sp³-hybridized carbons (Fsp3) is 0.364. The third kappa shape index (κ3) is 7.91. The molecule has 0 bridgehead atoms. The SMILES string of the molecule is COc1cc(N(C)C(C(=O)C2CCc3cc(OC)c(OC(F)(F)F)cc3CC2)c2ccc(Cl)cc2OCCO)cc(-n2cncn2)c1. The predicted molar refractivity (Wildman–Crippen MR) is 168 cm³/mol. The lowest BCUT2D eigenvalue weighted by molar-refractivity contribution is -0.275. The standard InChI is InChI=1S/C33H34ClF3N4O6/c1-40(24-15-25(17-26(16-24)44-2)41-19-38-18-39-41)31(27-9-8-23(34)14-28(27)46-11-10-42)32(43)20-4-6-21-12-29(45-3)30(47-33(35,36)37)13-22(21)7-5-20/h8-9,12-20,31,42H,4-7,10-11H2,1-3H3. The van der Waals surface area contributed by atoms with Crippen molar-refractivity contribution in [3.05, 3.63) is 82.9 Å². The number of halogens is 4. The molecule has 0 saturated heterocycles. The smallest absolute Gasteiger partial charge is 0.497 e. The Morgan fingerprint density at radius 2 is 1.77 bits per heavy atom. The van der Waals surface area contributed by atoms with Crippen molar-refractivity contribution >= 4 is 23.1 Å². The highest BCUT2D eigenvalue weighted by Gasteiger charge is 2.36. The summed E-state index contributed by atoms with van der Waals surface area (Å²) in [6.45, 7) is -0.265. The number of aliphatic hydroxyl groups is 1. The number of alkyl halides is 3. The Bertz CT molecular complexity index is 1700. The molecule has 1 aliphatic carbocycles. The van der Waals surface area contributed by atoms with E-state index in [1.807, 2.05) is 11.0 Å². The number of anilines is 1. The van der Waals surface area contributed by atoms with Gasteiger partial charge in [0.1, 0.15) is 36.8 Å². The van der Waals surface area contributed by atoms with Gasteiger partial charge in [0.25, 0.3) is 0 Å². The van der Waals surface area contributed by atoms with Gasteiger partial charge in [-0.3, -0.25) is 4.79 Å². The summed E-state index contributed by atoms with van der Waals surface area (Å²) in [6.07, 6.45) is -0.307. The molecule has 0 saturated carbocycles. The van der Waals surface area contributed by atoms with Gasteiger partial charge in [-0.15, -0.1) is 13.2 Å². The van der Waals surface area contributed by atoms with Crippen molar-refractivity contribution in [3.8, 4) is 28.7 Å². The summed E-state index contributed by atoms with van der Waals surface area (Å²) in [4.78, 5) is 20.6. The van der Waals surface area contributed by atoms with Crippen molar-refractivity contribution in [1.82, 2.24) is 14.8 Å². The molecule has 47 heavy (non-hydrogen) atoms. The van der Waals surface area contributed by atoms with E-state index < -0.39 is 24.1 Å². The topological polar surface area (TPSA) is 108 Å². The van der Waals surface area contributed by atoms with E-state index >= 15 is 0 Å². The van der Waals surface area contributed by atoms with Crippen LogP contribution >= 0.6 is 11.6 Å². The van der Waals surface area contributed by atoms with Crippen LogP contribution in [0.15, 0.2) is 61.2 Å². The highest BCUT2D eigenvalue weighted by atomic mass is 35.5. The molecule has 10 nitrogen and oxygen atoms in total. The zero-order valence-corrected chi connectivity index (χ0v) is 26.7. The number of aliphatic hydroxyl groups excluding tert-OH is 1. The van der Waals surface area contributed by atoms with Crippen molar-refractivity contribution in [2.45, 2.75) is 38.1 Å². The molecule has 0 radical (unpaired) electrons. The zero-order valence-electron chi connectivity index (χ0n) is 26.0. The minimum Gasteiger partial charge on any atom is -0.497 e. The Kier molecular flexibility index (Phi) is 10.5. The predicted octanol–water partition coefficient (Wildman–Crippen LogP) is 6.15. The molecule has 2 unspecified atom stereocenters. The van der Waals surface area contributed by atoms with Gasteiger partial charge in [-0.05, 0) is 67.1 Å². The molecule has 4 aromatic rings. The third-order valence-electron chi connectivity index (χ3n) is 8.12. The van der Waals surface area contributed by atoms with Crippen LogP contribution in [0.25, 0.3) is 5.69 Å². The Balaban J connectivity index is 1.54. The van der Waals surface area contributed by atoms with Gasteiger partial charge < -0.3 is 29.0 Å². The van der Waals surface area contributed by atoms with Gasteiger partial charge in [0.2, 0.25) is 0 Å². The summed E-state index contributed by atoms with van der Waals surface area (Å²) in [7, 11) is 4.60. The van der Waals surface area contributed by atoms with Gasteiger partial charge >= 0.3 is 6.36 Å². The summed E-state index contributed by atoms with van der Waals surface area (Å²) >= 11 is 6.33. The second kappa shape index (κ2) is 14.5. The fourth-order valence-electron chi connectivity index (χ4n) is 5.86. The summed E-state index contributed by atoms with van der Waals surface area (Å²) in [6, 6.07) is 12.4. The molecule has 1 aliphatic rings. The maximum absolute atomic E-state index is 14.7. The van der Waals surface area contributed by atoms with Gasteiger partial charge in [-0.2, -0.15) is 5.10 Å². The number of methoxy groups -OCH3 is 2. The second-order valence-corrected chi connectivity index (χ2v) is 11.4. The molecule has 1 heterocycles. The molecule has 0 fully saturated rings. The normalized spacial score (nSPS) is 15.3. The number of likely N-dealkylation sites (N-methyl/N-ethyl adjacent to an activating group) is 1. The number of ketones is 1. The number of Topliss-reactive ketones (excluding diaryl/α,β-unsaturated/α-hetero) is 1. The van der Waals surface area contributed by atoms with Crippen LogP contribution in [0.1, 0.15) is 35.6 Å². The van der Waals surface area contributed by atoms with Gasteiger partial charge in [0.15, 0.2) is 17.3 Å². The van der Waals surface area contributed by atoms with E-state index in [2.05, 4.69) is 14.8 Å². The van der Waals surface area contributed by atoms with E-state index in [0.29, 0.717) is 64.7 Å². The van der Waals surface area contributed by atoms with Crippen molar-refractivity contribution < 1.29 is 42.0 Å². The molecule has 3 aromatic carbocycles. The van der Waals surface area contributed by atoms with Crippen LogP contribution in [0.3, 0.4) is 0 Å². The molecule has 1 N–H and O–H groups in total. The van der Waals surface area contributed by atoms with Crippen LogP contribution in [-0.2, 0) is 17.6 Å². The van der Waals surface area contributed by atoms with E-state index in [4.69, 9.17) is 25.8 Å². The molecular formula is C33H34ClF3N4O6. The molecule has 5 rings (SSSR count). The van der Waals surface area contributed by atoms with Crippen LogP contribution in [0.2, 0.25) is 5.02 Å². The third-order valence-corrected chi connectivity index (χ3v) is 8.35. The van der Waals surface area contributed by atoms with Gasteiger partial charge in [0, 0.05) is 41.4 Å². The number of rotatable bonds is 12. The molecule has 1 aromatic heterocycles. The molecule has 250 valence electrons. The van der Waals surface area contributed by atoms with E-state index in [1.165, 1.54) is 26.6 Å². The van der Waals surface area contributed by atoms with Crippen LogP contribution < -0.4 is 23.8 Å². The van der Waals surface area contributed by atoms with Crippen LogP contribution in [-0.4, -0.2) is 66.5 Å². The quantitative estimate of drug-likeness (QED) is 0.177. The van der Waals surface area contributed by atoms with Crippen molar-refractivity contribution in [1.29, 1.82) is 0 Å². The Morgan fingerprint density at radius 1 is 1.04 bits per heavy atom. The number of fused-ring (bicyclic) bond motifs is 1. The first-order valence-electron chi connectivity index (χ1n) is 14.8. The zero-order chi connectivity index (χ0) is 33.7. The first-order chi connectivity index (χ1) is 22.5. The minimum atomic E-state index is -4.88. The molecular weight excluding hydrogens is 641 g/mol. The number of carbonyl (C=O) groups excluding carboxylic acids is 1. The lowest BCUT2D eigenvalue weighted by atomic mass is 9.86. The molecule has 2 atom stereocenters. The number of hydrogen-bond donors (Lipinski definition) is 1. The molecule has 0 amide bonds. The van der Waals surface area contributed by atoms with Crippen molar-refractivity contribution in [3.63, 3.8) is 0 Å². The number of ether oxygens (including phenoxy) is 4. The molecule has 0 aliphatic heterocycles. The first-order valence-corrected chi connectivity index (χ1v) is 15.2. The van der Waals surface area contributed by atoms with E-state index in [-0.39, 0.29) is 24.7 Å². The minimum absolute atomic E-state index is 0.0174. The van der Waals surface area contributed by atoms with E-state index in [1.54, 1.807) is 54.5 Å². The van der Waals surface area contributed by atoms with Crippen LogP contribution in [0.4, 0.5) is 18.9 Å². The number of benzene rings is 3. The Labute approximate surface area is 274 Å². The van der Waals surface area contributed by atoms with E-state index in [9.17, 15) is 23.1 Å². The average Bonchev–Trinajstić information content (AvgIpc) is 3.51. The first kappa shape index (κ1) is 33.9. The average molecular weight is 675 g/mol. The summed E-state index contributed by atoms with van der Waals surface area (Å²) in [5, 5.41) is 14.1. The summed E-state index contributed by atoms with van der Waals surface area (Å²) in [5.41, 5.74) is 3.27. The molecule has 0 spiro atoms. The summed E-state index contributed by atoms with van der Waals surface area (Å²) < 4.78 is 61.8. The highest BCUT2D eigenvalue weighted by molar-refractivity contribution is 6.30. The lowest BCUT2D eigenvalue weighted by Gasteiger charge is -2.33. The number of nitrogens with zero attached hydrogens (tertiary/aromatic N) is 4. The van der Waals surface area contributed by atoms with Crippen LogP contribution in [0, 0.1) is 5.92 Å². The maximum atomic E-state index is 14.7. The number of hydrogen-bond acceptors (Lipinski definition) is 9. The molecule has 14 heteroatoms. The van der Waals surface area contributed by atoms with Crippen LogP contribution in [0.5, 0.6) is 23.0 Å². The second-order valence-electron chi connectivity index (χ2n) is 11.0. The Morgan fingerprint density at radius 3 is 2.38 bits per heavy atom. The van der Waals surface area contributed by atoms with Crippen molar-refractivity contribution in [2.24, 2.45) is 5.92 Å². The van der Waals surface area contributed by atoms with E-state index in [0.717, 1.165) is 5.56 Å². The Hall–Kier alpha value is -4.49. The van der Waals surface area contributed by atoms with Crippen molar-refractivity contribution in [2.75, 3.05) is 39.4 Å². The number of aromatic nitrogens is 3. The summed E-state index contributed by atoms with van der Waals surface area (Å²) in [5.74, 6) is -0.193. The largest absolute Gasteiger partial charge is 0.573 e. The monoisotopic (exact) mass is 674 g/mol. The van der Waals surface area contributed by atoms with Gasteiger partial charge in [-0.25, -0.2) is 9.67 Å². The maximum Gasteiger partial charge on any atom is 0.573 e. The fourth-order valence-corrected chi connectivity index (χ4v) is 6.03. The number of carbonyl (C=O) groups is 1. The lowest BCUT2D eigenvalue weighted by Crippen LogP contribution is -2.35.